The Morgan fingerprint density at radius 2 is 1.35 bits per heavy atom. The Hall–Kier alpha value is -0.120. The van der Waals surface area contributed by atoms with E-state index in [2.05, 4.69) is 12.2 Å². The second kappa shape index (κ2) is 11.0. The maximum absolute atomic E-state index is 11.3. The molecule has 0 aromatic rings. The van der Waals surface area contributed by atoms with Crippen LogP contribution in [0, 0.1) is 5.21 Å². The van der Waals surface area contributed by atoms with E-state index in [0.29, 0.717) is 6.54 Å². The standard InChI is InChI=1S/C14H32N2O/c1-4-5-6-7-8-9-10-11-12-15-13-14-16(2,3)17/h15H,4-14H2,1-3H3. The van der Waals surface area contributed by atoms with Gasteiger partial charge in [0, 0.05) is 6.54 Å². The number of likely N-dealkylation sites (N-methyl/N-ethyl adjacent to an activating group) is 1. The third-order valence-corrected chi connectivity index (χ3v) is 3.03. The van der Waals surface area contributed by atoms with Gasteiger partial charge >= 0.3 is 0 Å². The first-order chi connectivity index (χ1) is 8.06. The van der Waals surface area contributed by atoms with Crippen molar-refractivity contribution in [3.63, 3.8) is 0 Å². The van der Waals surface area contributed by atoms with Crippen LogP contribution in [0.15, 0.2) is 0 Å². The van der Waals surface area contributed by atoms with Crippen molar-refractivity contribution in [2.75, 3.05) is 33.7 Å². The Labute approximate surface area is 108 Å². The summed E-state index contributed by atoms with van der Waals surface area (Å²) in [6.07, 6.45) is 10.9. The zero-order valence-corrected chi connectivity index (χ0v) is 12.1. The summed E-state index contributed by atoms with van der Waals surface area (Å²) in [5.74, 6) is 0. The summed E-state index contributed by atoms with van der Waals surface area (Å²) < 4.78 is -0.190. The molecule has 0 aliphatic carbocycles. The fourth-order valence-electron chi connectivity index (χ4n) is 1.86. The van der Waals surface area contributed by atoms with E-state index in [4.69, 9.17) is 0 Å². The summed E-state index contributed by atoms with van der Waals surface area (Å²) >= 11 is 0. The van der Waals surface area contributed by atoms with E-state index in [9.17, 15) is 5.21 Å². The molecule has 0 amide bonds. The minimum atomic E-state index is -0.190. The summed E-state index contributed by atoms with van der Waals surface area (Å²) in [5, 5.41) is 14.6. The van der Waals surface area contributed by atoms with Crippen molar-refractivity contribution in [1.29, 1.82) is 0 Å². The topological polar surface area (TPSA) is 35.1 Å². The summed E-state index contributed by atoms with van der Waals surface area (Å²) in [6, 6.07) is 0. The molecule has 0 saturated carbocycles. The lowest BCUT2D eigenvalue weighted by Gasteiger charge is -2.33. The molecule has 0 bridgehead atoms. The summed E-state index contributed by atoms with van der Waals surface area (Å²) in [6.45, 7) is 4.83. The summed E-state index contributed by atoms with van der Waals surface area (Å²) in [4.78, 5) is 0. The molecule has 0 aliphatic rings. The van der Waals surface area contributed by atoms with E-state index in [1.807, 2.05) is 0 Å². The van der Waals surface area contributed by atoms with Gasteiger partial charge in [-0.2, -0.15) is 0 Å². The number of rotatable bonds is 12. The molecule has 0 radical (unpaired) electrons. The number of hydroxylamine groups is 3. The molecule has 0 aromatic heterocycles. The van der Waals surface area contributed by atoms with Gasteiger partial charge in [-0.05, 0) is 13.0 Å². The highest BCUT2D eigenvalue weighted by Gasteiger charge is 1.99. The molecule has 0 unspecified atom stereocenters. The monoisotopic (exact) mass is 244 g/mol. The van der Waals surface area contributed by atoms with E-state index in [0.717, 1.165) is 13.1 Å². The molecule has 3 heteroatoms. The van der Waals surface area contributed by atoms with Crippen molar-refractivity contribution in [3.05, 3.63) is 5.21 Å². The molecule has 17 heavy (non-hydrogen) atoms. The maximum Gasteiger partial charge on any atom is 0.0906 e. The van der Waals surface area contributed by atoms with Crippen LogP contribution in [0.4, 0.5) is 0 Å². The molecule has 1 N–H and O–H groups in total. The highest BCUT2D eigenvalue weighted by Crippen LogP contribution is 2.07. The Morgan fingerprint density at radius 1 is 0.824 bits per heavy atom. The third kappa shape index (κ3) is 15.9. The average molecular weight is 244 g/mol. The second-order valence-corrected chi connectivity index (χ2v) is 5.52. The van der Waals surface area contributed by atoms with Crippen LogP contribution in [0.25, 0.3) is 0 Å². The van der Waals surface area contributed by atoms with Gasteiger partial charge in [0.05, 0.1) is 20.6 Å². The van der Waals surface area contributed by atoms with Crippen LogP contribution in [0.5, 0.6) is 0 Å². The Kier molecular flexibility index (Phi) is 10.9. The number of hydrogen-bond acceptors (Lipinski definition) is 2. The van der Waals surface area contributed by atoms with Gasteiger partial charge in [0.25, 0.3) is 0 Å². The molecule has 0 spiro atoms. The third-order valence-electron chi connectivity index (χ3n) is 3.03. The normalized spacial score (nSPS) is 12.0. The number of quaternary nitrogens is 1. The molecular formula is C14H32N2O. The van der Waals surface area contributed by atoms with Crippen molar-refractivity contribution in [3.8, 4) is 0 Å². The molecule has 0 saturated heterocycles. The molecule has 0 heterocycles. The average Bonchev–Trinajstić information content (AvgIpc) is 2.24. The van der Waals surface area contributed by atoms with Crippen LogP contribution in [0.1, 0.15) is 58.3 Å². The number of nitrogens with zero attached hydrogens (tertiary/aromatic N) is 1. The van der Waals surface area contributed by atoms with Crippen LogP contribution in [-0.2, 0) is 0 Å². The first kappa shape index (κ1) is 16.9. The molecule has 0 aromatic carbocycles. The highest BCUT2D eigenvalue weighted by atomic mass is 16.5. The summed E-state index contributed by atoms with van der Waals surface area (Å²) in [7, 11) is 3.38. The molecule has 0 fully saturated rings. The largest absolute Gasteiger partial charge is 0.633 e. The van der Waals surface area contributed by atoms with Gasteiger partial charge in [-0.15, -0.1) is 0 Å². The van der Waals surface area contributed by atoms with Gasteiger partial charge in [-0.3, -0.25) is 0 Å². The van der Waals surface area contributed by atoms with Crippen LogP contribution in [0.3, 0.4) is 0 Å². The zero-order valence-electron chi connectivity index (χ0n) is 12.1. The highest BCUT2D eigenvalue weighted by molar-refractivity contribution is 4.50. The smallest absolute Gasteiger partial charge is 0.0906 e. The fourth-order valence-corrected chi connectivity index (χ4v) is 1.86. The van der Waals surface area contributed by atoms with Crippen molar-refractivity contribution in [2.24, 2.45) is 0 Å². The minimum absolute atomic E-state index is 0.190. The van der Waals surface area contributed by atoms with Crippen LogP contribution in [-0.4, -0.2) is 38.4 Å². The quantitative estimate of drug-likeness (QED) is 0.325. The first-order valence-electron chi connectivity index (χ1n) is 7.31. The van der Waals surface area contributed by atoms with Crippen molar-refractivity contribution in [1.82, 2.24) is 5.32 Å². The number of unbranched alkanes of at least 4 members (excludes halogenated alkanes) is 7. The molecule has 0 aliphatic heterocycles. The lowest BCUT2D eigenvalue weighted by atomic mass is 10.1. The van der Waals surface area contributed by atoms with Crippen LogP contribution < -0.4 is 5.32 Å². The predicted molar refractivity (Wildman–Crippen MR) is 75.8 cm³/mol. The lowest BCUT2D eigenvalue weighted by Crippen LogP contribution is -2.39. The van der Waals surface area contributed by atoms with Gasteiger partial charge in [-0.25, -0.2) is 0 Å². The summed E-state index contributed by atoms with van der Waals surface area (Å²) in [5.41, 5.74) is 0. The van der Waals surface area contributed by atoms with Crippen LogP contribution in [0.2, 0.25) is 0 Å². The van der Waals surface area contributed by atoms with Crippen LogP contribution >= 0.6 is 0 Å². The molecule has 0 rings (SSSR count). The van der Waals surface area contributed by atoms with E-state index >= 15 is 0 Å². The van der Waals surface area contributed by atoms with Crippen molar-refractivity contribution in [2.45, 2.75) is 58.3 Å². The lowest BCUT2D eigenvalue weighted by molar-refractivity contribution is -0.838. The van der Waals surface area contributed by atoms with Gasteiger partial charge in [0.1, 0.15) is 0 Å². The Morgan fingerprint density at radius 3 is 1.88 bits per heavy atom. The maximum atomic E-state index is 11.3. The fraction of sp³-hybridized carbons (Fsp3) is 1.00. The van der Waals surface area contributed by atoms with E-state index in [-0.39, 0.29) is 4.65 Å². The van der Waals surface area contributed by atoms with Crippen molar-refractivity contribution < 1.29 is 4.65 Å². The van der Waals surface area contributed by atoms with E-state index in [1.54, 1.807) is 14.1 Å². The van der Waals surface area contributed by atoms with Crippen molar-refractivity contribution >= 4 is 0 Å². The van der Waals surface area contributed by atoms with Gasteiger partial charge < -0.3 is 15.2 Å². The van der Waals surface area contributed by atoms with E-state index in [1.165, 1.54) is 51.4 Å². The Balaban J connectivity index is 2.99. The van der Waals surface area contributed by atoms with Gasteiger partial charge in [0.2, 0.25) is 0 Å². The second-order valence-electron chi connectivity index (χ2n) is 5.52. The van der Waals surface area contributed by atoms with E-state index < -0.39 is 0 Å². The first-order valence-corrected chi connectivity index (χ1v) is 7.31. The van der Waals surface area contributed by atoms with Gasteiger partial charge in [0.15, 0.2) is 0 Å². The zero-order chi connectivity index (χ0) is 13.0. The molecule has 3 nitrogen and oxygen atoms in total. The predicted octanol–water partition coefficient (Wildman–Crippen LogP) is 3.29. The molecular weight excluding hydrogens is 212 g/mol. The SMILES string of the molecule is CCCCCCCCCCNCC[N+](C)(C)[O-]. The minimum Gasteiger partial charge on any atom is -0.633 e. The number of hydrogen-bond donors (Lipinski definition) is 1. The Bertz CT molecular complexity index is 155. The molecule has 0 atom stereocenters. The van der Waals surface area contributed by atoms with Gasteiger partial charge in [-0.1, -0.05) is 51.9 Å². The number of nitrogens with one attached hydrogen (secondary N) is 1. The molecule has 104 valence electrons.